The number of fused-ring (bicyclic) bond motifs is 1. The Morgan fingerprint density at radius 2 is 1.64 bits per heavy atom. The molecule has 0 unspecified atom stereocenters. The third-order valence-corrected chi connectivity index (χ3v) is 7.51. The number of halogens is 4. The maximum Gasteiger partial charge on any atom is 0.453 e. The van der Waals surface area contributed by atoms with Gasteiger partial charge < -0.3 is 13.9 Å². The van der Waals surface area contributed by atoms with Gasteiger partial charge >= 0.3 is 12.1 Å². The largest absolute Gasteiger partial charge is 0.453 e. The van der Waals surface area contributed by atoms with Gasteiger partial charge in [0.05, 0.1) is 10.9 Å². The predicted octanol–water partition coefficient (Wildman–Crippen LogP) is 9.94. The van der Waals surface area contributed by atoms with Gasteiger partial charge in [-0.3, -0.25) is 9.69 Å². The van der Waals surface area contributed by atoms with E-state index in [0.29, 0.717) is 23.7 Å². The maximum atomic E-state index is 14.5. The number of rotatable bonds is 13. The summed E-state index contributed by atoms with van der Waals surface area (Å²) in [5.74, 6) is -2.85. The predicted molar refractivity (Wildman–Crippen MR) is 179 cm³/mol. The van der Waals surface area contributed by atoms with E-state index in [0.717, 1.165) is 18.4 Å². The van der Waals surface area contributed by atoms with Gasteiger partial charge in [-0.2, -0.15) is 13.2 Å². The van der Waals surface area contributed by atoms with Crippen LogP contribution in [0.4, 0.5) is 13.2 Å². The van der Waals surface area contributed by atoms with E-state index in [1.54, 1.807) is 36.4 Å². The first-order valence-corrected chi connectivity index (χ1v) is 16.0. The molecule has 0 amide bonds. The Labute approximate surface area is 277 Å². The van der Waals surface area contributed by atoms with Crippen LogP contribution in [-0.4, -0.2) is 24.0 Å². The number of carbonyl (C=O) groups is 1. The standard InChI is InChI=1S/C37H39ClF3NO5/c1-6-9-25-12-15-27(16-13-25)45-35-33(44)28-17-18-31(46-32(43)19-14-26-10-7-8-11-30(26)38)29(34(28)47-36(35)37(39,40)41)22-42(20-23(2)3)21-24(4)5/h7-8,10-19,23-24H,6,9,20-22H2,1-5H3. The molecule has 0 aliphatic heterocycles. The molecule has 10 heteroatoms. The molecule has 0 spiro atoms. The van der Waals surface area contributed by atoms with E-state index in [9.17, 15) is 22.8 Å². The van der Waals surface area contributed by atoms with Gasteiger partial charge in [-0.25, -0.2) is 4.79 Å². The maximum absolute atomic E-state index is 14.5. The summed E-state index contributed by atoms with van der Waals surface area (Å²) in [5, 5.41) is 0.295. The van der Waals surface area contributed by atoms with Crippen molar-refractivity contribution in [2.24, 2.45) is 11.8 Å². The summed E-state index contributed by atoms with van der Waals surface area (Å²) in [6.07, 6.45) is -0.717. The Balaban J connectivity index is 1.86. The molecule has 0 aliphatic rings. The van der Waals surface area contributed by atoms with Crippen LogP contribution in [0.25, 0.3) is 17.0 Å². The topological polar surface area (TPSA) is 69.0 Å². The molecular weight excluding hydrogens is 631 g/mol. The van der Waals surface area contributed by atoms with Crippen molar-refractivity contribution in [3.05, 3.63) is 104 Å². The monoisotopic (exact) mass is 669 g/mol. The van der Waals surface area contributed by atoms with Gasteiger partial charge in [-0.05, 0) is 65.8 Å². The molecule has 1 heterocycles. The van der Waals surface area contributed by atoms with E-state index in [2.05, 4.69) is 0 Å². The zero-order valence-electron chi connectivity index (χ0n) is 27.1. The number of aryl methyl sites for hydroxylation is 1. The van der Waals surface area contributed by atoms with Crippen LogP contribution in [0, 0.1) is 11.8 Å². The van der Waals surface area contributed by atoms with Gasteiger partial charge in [0.25, 0.3) is 5.76 Å². The average Bonchev–Trinajstić information content (AvgIpc) is 2.99. The summed E-state index contributed by atoms with van der Waals surface area (Å²) in [5.41, 5.74) is 0.390. The molecule has 0 atom stereocenters. The fourth-order valence-corrected chi connectivity index (χ4v) is 5.50. The van der Waals surface area contributed by atoms with Gasteiger partial charge in [-0.15, -0.1) is 0 Å². The van der Waals surface area contributed by atoms with Crippen molar-refractivity contribution in [2.45, 2.75) is 60.2 Å². The number of benzene rings is 3. The van der Waals surface area contributed by atoms with Crippen molar-refractivity contribution in [2.75, 3.05) is 13.1 Å². The number of esters is 1. The fourth-order valence-electron chi connectivity index (χ4n) is 5.30. The van der Waals surface area contributed by atoms with Crippen molar-refractivity contribution in [1.29, 1.82) is 0 Å². The molecule has 4 rings (SSSR count). The van der Waals surface area contributed by atoms with Crippen molar-refractivity contribution < 1.29 is 31.9 Å². The average molecular weight is 670 g/mol. The van der Waals surface area contributed by atoms with Crippen molar-refractivity contribution >= 4 is 34.6 Å². The summed E-state index contributed by atoms with van der Waals surface area (Å²) in [6.45, 7) is 11.4. The smallest absolute Gasteiger partial charge is 0.449 e. The normalized spacial score (nSPS) is 12.2. The second kappa shape index (κ2) is 15.7. The van der Waals surface area contributed by atoms with Crippen LogP contribution in [0.5, 0.6) is 17.2 Å². The summed E-state index contributed by atoms with van der Waals surface area (Å²) < 4.78 is 60.4. The first kappa shape index (κ1) is 35.8. The second-order valence-corrected chi connectivity index (χ2v) is 12.7. The van der Waals surface area contributed by atoms with E-state index in [1.807, 2.05) is 39.5 Å². The highest BCUT2D eigenvalue weighted by Crippen LogP contribution is 2.40. The number of ether oxygens (including phenoxy) is 2. The Hall–Kier alpha value is -4.08. The highest BCUT2D eigenvalue weighted by atomic mass is 35.5. The lowest BCUT2D eigenvalue weighted by Gasteiger charge is -2.27. The Bertz CT molecular complexity index is 1770. The Morgan fingerprint density at radius 1 is 0.979 bits per heavy atom. The van der Waals surface area contributed by atoms with Gasteiger partial charge in [-0.1, -0.05) is 83.0 Å². The second-order valence-electron chi connectivity index (χ2n) is 12.3. The van der Waals surface area contributed by atoms with Crippen LogP contribution >= 0.6 is 11.6 Å². The van der Waals surface area contributed by atoms with E-state index in [1.165, 1.54) is 36.4 Å². The number of nitrogens with zero attached hydrogens (tertiary/aromatic N) is 1. The molecule has 0 saturated carbocycles. The van der Waals surface area contributed by atoms with Crippen LogP contribution in [0.1, 0.15) is 63.5 Å². The summed E-state index contributed by atoms with van der Waals surface area (Å²) in [7, 11) is 0. The lowest BCUT2D eigenvalue weighted by atomic mass is 10.1. The quantitative estimate of drug-likeness (QED) is 0.0802. The molecule has 47 heavy (non-hydrogen) atoms. The van der Waals surface area contributed by atoms with Crippen LogP contribution in [0.15, 0.2) is 76.0 Å². The summed E-state index contributed by atoms with van der Waals surface area (Å²) in [6, 6.07) is 16.1. The van der Waals surface area contributed by atoms with Crippen LogP contribution in [-0.2, 0) is 23.9 Å². The zero-order chi connectivity index (χ0) is 34.3. The number of carbonyl (C=O) groups excluding carboxylic acids is 1. The molecule has 0 fully saturated rings. The molecule has 0 aliphatic carbocycles. The van der Waals surface area contributed by atoms with E-state index in [-0.39, 0.29) is 46.4 Å². The van der Waals surface area contributed by atoms with Gasteiger partial charge in [0.1, 0.15) is 17.1 Å². The lowest BCUT2D eigenvalue weighted by Crippen LogP contribution is -2.31. The van der Waals surface area contributed by atoms with Gasteiger partial charge in [0, 0.05) is 30.7 Å². The van der Waals surface area contributed by atoms with Gasteiger partial charge in [0.2, 0.25) is 11.2 Å². The molecule has 1 aromatic heterocycles. The molecule has 6 nitrogen and oxygen atoms in total. The summed E-state index contributed by atoms with van der Waals surface area (Å²) >= 11 is 6.20. The minimum atomic E-state index is -5.07. The molecule has 4 aromatic rings. The molecule has 0 saturated heterocycles. The van der Waals surface area contributed by atoms with Crippen LogP contribution in [0.3, 0.4) is 0 Å². The number of hydrogen-bond acceptors (Lipinski definition) is 6. The third kappa shape index (κ3) is 9.49. The highest BCUT2D eigenvalue weighted by molar-refractivity contribution is 6.32. The molecule has 0 N–H and O–H groups in total. The SMILES string of the molecule is CCCc1ccc(Oc2c(C(F)(F)F)oc3c(CN(CC(C)C)CC(C)C)c(OC(=O)C=Cc4ccccc4Cl)ccc3c2=O)cc1. The van der Waals surface area contributed by atoms with Crippen LogP contribution in [0.2, 0.25) is 5.02 Å². The minimum absolute atomic E-state index is 0.0275. The molecular formula is C37H39ClF3NO5. The van der Waals surface area contributed by atoms with E-state index in [4.69, 9.17) is 25.5 Å². The number of hydrogen-bond donors (Lipinski definition) is 0. The fraction of sp³-hybridized carbons (Fsp3) is 0.351. The molecule has 0 radical (unpaired) electrons. The van der Waals surface area contributed by atoms with Crippen molar-refractivity contribution in [3.63, 3.8) is 0 Å². The Morgan fingerprint density at radius 3 is 2.23 bits per heavy atom. The molecule has 3 aromatic carbocycles. The highest BCUT2D eigenvalue weighted by Gasteiger charge is 2.41. The van der Waals surface area contributed by atoms with E-state index >= 15 is 0 Å². The summed E-state index contributed by atoms with van der Waals surface area (Å²) in [4.78, 5) is 28.8. The minimum Gasteiger partial charge on any atom is -0.449 e. The zero-order valence-corrected chi connectivity index (χ0v) is 27.9. The third-order valence-electron chi connectivity index (χ3n) is 7.16. The number of alkyl halides is 3. The lowest BCUT2D eigenvalue weighted by molar-refractivity contribution is -0.154. The van der Waals surface area contributed by atoms with Crippen LogP contribution < -0.4 is 14.9 Å². The molecule has 250 valence electrons. The Kier molecular flexibility index (Phi) is 11.9. The molecule has 0 bridgehead atoms. The first-order chi connectivity index (χ1) is 22.3. The van der Waals surface area contributed by atoms with Gasteiger partial charge in [0.15, 0.2) is 0 Å². The van der Waals surface area contributed by atoms with Crippen molar-refractivity contribution in [1.82, 2.24) is 4.90 Å². The first-order valence-electron chi connectivity index (χ1n) is 15.6. The van der Waals surface area contributed by atoms with Crippen molar-refractivity contribution in [3.8, 4) is 17.2 Å². The van der Waals surface area contributed by atoms with E-state index < -0.39 is 29.1 Å².